The van der Waals surface area contributed by atoms with Crippen molar-refractivity contribution in [3.63, 3.8) is 0 Å². The molecule has 2 aromatic heterocycles. The van der Waals surface area contributed by atoms with Crippen molar-refractivity contribution in [3.8, 4) is 11.4 Å². The summed E-state index contributed by atoms with van der Waals surface area (Å²) >= 11 is 0. The van der Waals surface area contributed by atoms with Gasteiger partial charge in [-0.05, 0) is 49.9 Å². The highest BCUT2D eigenvalue weighted by Gasteiger charge is 2.24. The first kappa shape index (κ1) is 20.1. The number of imidazole rings is 1. The molecule has 3 aromatic rings. The van der Waals surface area contributed by atoms with E-state index in [4.69, 9.17) is 4.98 Å². The third kappa shape index (κ3) is 3.67. The van der Waals surface area contributed by atoms with E-state index in [2.05, 4.69) is 4.57 Å². The van der Waals surface area contributed by atoms with Crippen molar-refractivity contribution < 1.29 is 9.59 Å². The highest BCUT2D eigenvalue weighted by molar-refractivity contribution is 5.87. The predicted octanol–water partition coefficient (Wildman–Crippen LogP) is 2.78. The molecular formula is C23H26N4O3. The van der Waals surface area contributed by atoms with Crippen LogP contribution in [0.15, 0.2) is 35.3 Å². The van der Waals surface area contributed by atoms with Crippen molar-refractivity contribution in [2.75, 3.05) is 13.1 Å². The molecule has 30 heavy (non-hydrogen) atoms. The molecule has 1 amide bonds. The van der Waals surface area contributed by atoms with Crippen LogP contribution in [0.25, 0.3) is 22.4 Å². The number of aldehydes is 1. The molecule has 1 aliphatic heterocycles. The lowest BCUT2D eigenvalue weighted by Gasteiger charge is -2.32. The second kappa shape index (κ2) is 7.89. The van der Waals surface area contributed by atoms with Gasteiger partial charge in [0, 0.05) is 56.5 Å². The highest BCUT2D eigenvalue weighted by atomic mass is 16.2. The molecule has 3 heterocycles. The largest absolute Gasteiger partial charge is 0.343 e. The predicted molar refractivity (Wildman–Crippen MR) is 116 cm³/mol. The highest BCUT2D eigenvalue weighted by Crippen LogP contribution is 2.28. The summed E-state index contributed by atoms with van der Waals surface area (Å²) in [4.78, 5) is 42.0. The quantitative estimate of drug-likeness (QED) is 0.624. The number of aryl methyl sites for hydroxylation is 2. The zero-order valence-corrected chi connectivity index (χ0v) is 17.6. The molecule has 0 bridgehead atoms. The van der Waals surface area contributed by atoms with Gasteiger partial charge in [-0.3, -0.25) is 14.4 Å². The van der Waals surface area contributed by atoms with E-state index in [1.54, 1.807) is 43.8 Å². The number of piperidine rings is 1. The van der Waals surface area contributed by atoms with Gasteiger partial charge < -0.3 is 14.0 Å². The summed E-state index contributed by atoms with van der Waals surface area (Å²) < 4.78 is 3.74. The van der Waals surface area contributed by atoms with Gasteiger partial charge in [-0.1, -0.05) is 0 Å². The number of rotatable bonds is 4. The van der Waals surface area contributed by atoms with E-state index in [0.717, 1.165) is 61.2 Å². The number of aromatic nitrogens is 3. The summed E-state index contributed by atoms with van der Waals surface area (Å²) in [7, 11) is 1.74. The molecule has 156 valence electrons. The minimum atomic E-state index is -0.0333. The van der Waals surface area contributed by atoms with Crippen molar-refractivity contribution >= 4 is 23.2 Å². The Bertz CT molecular complexity index is 1160. The number of carbonyl (C=O) groups excluding carboxylic acids is 2. The number of fused-ring (bicyclic) bond motifs is 1. The van der Waals surface area contributed by atoms with Crippen LogP contribution in [0.2, 0.25) is 0 Å². The van der Waals surface area contributed by atoms with Gasteiger partial charge in [0.1, 0.15) is 12.1 Å². The Balaban J connectivity index is 1.82. The number of benzene rings is 1. The Labute approximate surface area is 174 Å². The molecule has 1 fully saturated rings. The SMILES string of the molecule is CC(=O)N1CCC[C@H](Cn2c(-c3cc(C)c(=O)n(C)c3)nc3cc(C=O)ccc32)C1. The minimum Gasteiger partial charge on any atom is -0.343 e. The lowest BCUT2D eigenvalue weighted by molar-refractivity contribution is -0.130. The fourth-order valence-corrected chi connectivity index (χ4v) is 4.38. The summed E-state index contributed by atoms with van der Waals surface area (Å²) in [5.41, 5.74) is 3.76. The van der Waals surface area contributed by atoms with Crippen LogP contribution in [0.3, 0.4) is 0 Å². The Hall–Kier alpha value is -3.22. The van der Waals surface area contributed by atoms with Crippen LogP contribution in [0.4, 0.5) is 0 Å². The fourth-order valence-electron chi connectivity index (χ4n) is 4.38. The van der Waals surface area contributed by atoms with Gasteiger partial charge in [-0.15, -0.1) is 0 Å². The van der Waals surface area contributed by atoms with Gasteiger partial charge in [0.15, 0.2) is 0 Å². The lowest BCUT2D eigenvalue weighted by atomic mass is 9.97. The van der Waals surface area contributed by atoms with E-state index >= 15 is 0 Å². The standard InChI is InChI=1S/C23H26N4O3/c1-15-9-19(13-25(3)23(15)30)22-24-20-10-17(14-28)6-7-21(20)27(22)12-18-5-4-8-26(11-18)16(2)29/h6-7,9-10,13-14,18H,4-5,8,11-12H2,1-3H3/t18-/m0/s1. The van der Waals surface area contributed by atoms with E-state index in [9.17, 15) is 14.4 Å². The molecule has 0 saturated carbocycles. The average Bonchev–Trinajstić information content (AvgIpc) is 3.09. The zero-order chi connectivity index (χ0) is 21.4. The van der Waals surface area contributed by atoms with E-state index in [-0.39, 0.29) is 11.5 Å². The van der Waals surface area contributed by atoms with Gasteiger partial charge in [0.25, 0.3) is 5.56 Å². The smallest absolute Gasteiger partial charge is 0.253 e. The molecule has 4 rings (SSSR count). The number of hydrogen-bond acceptors (Lipinski definition) is 4. The molecule has 1 atom stereocenters. The van der Waals surface area contributed by atoms with Crippen molar-refractivity contribution in [3.05, 3.63) is 51.9 Å². The summed E-state index contributed by atoms with van der Waals surface area (Å²) in [6.07, 6.45) is 4.65. The Morgan fingerprint density at radius 2 is 2.10 bits per heavy atom. The maximum atomic E-state index is 12.2. The summed E-state index contributed by atoms with van der Waals surface area (Å²) in [5, 5.41) is 0. The summed E-state index contributed by atoms with van der Waals surface area (Å²) in [5.74, 6) is 1.20. The van der Waals surface area contributed by atoms with Gasteiger partial charge >= 0.3 is 0 Å². The Morgan fingerprint density at radius 3 is 2.80 bits per heavy atom. The molecule has 1 saturated heterocycles. The van der Waals surface area contributed by atoms with Gasteiger partial charge in [0.05, 0.1) is 11.0 Å². The number of likely N-dealkylation sites (tertiary alicyclic amines) is 1. The molecule has 1 aliphatic rings. The van der Waals surface area contributed by atoms with Gasteiger partial charge in [0.2, 0.25) is 5.91 Å². The van der Waals surface area contributed by atoms with Crippen molar-refractivity contribution in [1.82, 2.24) is 19.0 Å². The molecule has 7 nitrogen and oxygen atoms in total. The molecule has 0 unspecified atom stereocenters. The second-order valence-corrected chi connectivity index (χ2v) is 8.21. The van der Waals surface area contributed by atoms with Crippen molar-refractivity contribution in [2.45, 2.75) is 33.2 Å². The third-order valence-electron chi connectivity index (χ3n) is 5.93. The van der Waals surface area contributed by atoms with Crippen LogP contribution < -0.4 is 5.56 Å². The minimum absolute atomic E-state index is 0.0333. The van der Waals surface area contributed by atoms with Crippen molar-refractivity contribution in [1.29, 1.82) is 0 Å². The number of pyridine rings is 1. The first-order chi connectivity index (χ1) is 14.4. The summed E-state index contributed by atoms with van der Waals surface area (Å²) in [6, 6.07) is 7.38. The fraction of sp³-hybridized carbons (Fsp3) is 0.391. The molecule has 1 aromatic carbocycles. The first-order valence-corrected chi connectivity index (χ1v) is 10.3. The maximum Gasteiger partial charge on any atom is 0.253 e. The molecule has 0 aliphatic carbocycles. The first-order valence-electron chi connectivity index (χ1n) is 10.3. The lowest BCUT2D eigenvalue weighted by Crippen LogP contribution is -2.39. The Morgan fingerprint density at radius 1 is 1.30 bits per heavy atom. The van der Waals surface area contributed by atoms with Crippen LogP contribution >= 0.6 is 0 Å². The second-order valence-electron chi connectivity index (χ2n) is 8.21. The van der Waals surface area contributed by atoms with E-state index in [1.165, 1.54) is 0 Å². The number of hydrogen-bond donors (Lipinski definition) is 0. The van der Waals surface area contributed by atoms with E-state index in [1.807, 2.05) is 17.0 Å². The van der Waals surface area contributed by atoms with E-state index < -0.39 is 0 Å². The molecule has 7 heteroatoms. The van der Waals surface area contributed by atoms with Crippen LogP contribution in [0, 0.1) is 12.8 Å². The summed E-state index contributed by atoms with van der Waals surface area (Å²) in [6.45, 7) is 5.68. The number of amides is 1. The number of nitrogens with zero attached hydrogens (tertiary/aromatic N) is 4. The topological polar surface area (TPSA) is 77.2 Å². The number of carbonyl (C=O) groups is 2. The van der Waals surface area contributed by atoms with Crippen LogP contribution in [0.5, 0.6) is 0 Å². The zero-order valence-electron chi connectivity index (χ0n) is 17.6. The average molecular weight is 406 g/mol. The maximum absolute atomic E-state index is 12.2. The molecular weight excluding hydrogens is 380 g/mol. The van der Waals surface area contributed by atoms with Gasteiger partial charge in [-0.2, -0.15) is 0 Å². The van der Waals surface area contributed by atoms with Crippen LogP contribution in [0.1, 0.15) is 35.7 Å². The van der Waals surface area contributed by atoms with Crippen LogP contribution in [-0.4, -0.2) is 44.3 Å². The monoisotopic (exact) mass is 406 g/mol. The molecule has 0 radical (unpaired) electrons. The normalized spacial score (nSPS) is 16.8. The van der Waals surface area contributed by atoms with Crippen molar-refractivity contribution in [2.24, 2.45) is 13.0 Å². The van der Waals surface area contributed by atoms with Gasteiger partial charge in [-0.25, -0.2) is 4.98 Å². The molecule has 0 spiro atoms. The molecule has 0 N–H and O–H groups in total. The Kier molecular flexibility index (Phi) is 5.28. The third-order valence-corrected chi connectivity index (χ3v) is 5.93. The van der Waals surface area contributed by atoms with Crippen LogP contribution in [-0.2, 0) is 18.4 Å². The van der Waals surface area contributed by atoms with E-state index in [0.29, 0.717) is 17.0 Å².